The molecular weight excluding hydrogens is 370 g/mol. The zero-order valence-electron chi connectivity index (χ0n) is 16.2. The van der Waals surface area contributed by atoms with E-state index in [1.807, 2.05) is 42.5 Å². The minimum atomic E-state index is -0.568. The highest BCUT2D eigenvalue weighted by atomic mass is 16.5. The van der Waals surface area contributed by atoms with Gasteiger partial charge >= 0.3 is 5.97 Å². The highest BCUT2D eigenvalue weighted by molar-refractivity contribution is 6.00. The van der Waals surface area contributed by atoms with Crippen LogP contribution in [0.4, 0.5) is 5.69 Å². The molecular formula is C23H21NO5. The predicted molar refractivity (Wildman–Crippen MR) is 110 cm³/mol. The second-order valence-corrected chi connectivity index (χ2v) is 6.10. The van der Waals surface area contributed by atoms with Gasteiger partial charge in [-0.25, -0.2) is 4.79 Å². The summed E-state index contributed by atoms with van der Waals surface area (Å²) in [6, 6.07) is 21.6. The Balaban J connectivity index is 1.67. The third-order valence-corrected chi connectivity index (χ3v) is 4.25. The lowest BCUT2D eigenvalue weighted by Gasteiger charge is -2.12. The lowest BCUT2D eigenvalue weighted by molar-refractivity contribution is -0.119. The molecule has 1 N–H and O–H groups in total. The molecule has 0 radical (unpaired) electrons. The van der Waals surface area contributed by atoms with Crippen molar-refractivity contribution >= 4 is 17.6 Å². The van der Waals surface area contributed by atoms with Crippen molar-refractivity contribution in [3.8, 4) is 22.6 Å². The zero-order valence-corrected chi connectivity index (χ0v) is 16.2. The molecule has 0 spiro atoms. The average Bonchev–Trinajstić information content (AvgIpc) is 2.78. The molecule has 3 rings (SSSR count). The largest absolute Gasteiger partial charge is 0.497 e. The average molecular weight is 391 g/mol. The molecule has 3 aromatic carbocycles. The zero-order chi connectivity index (χ0) is 20.6. The maximum atomic E-state index is 12.6. The number of carbonyl (C=O) groups excluding carboxylic acids is 2. The van der Waals surface area contributed by atoms with E-state index in [2.05, 4.69) is 5.32 Å². The summed E-state index contributed by atoms with van der Waals surface area (Å²) >= 11 is 0. The van der Waals surface area contributed by atoms with Crippen LogP contribution < -0.4 is 14.8 Å². The van der Waals surface area contributed by atoms with E-state index >= 15 is 0 Å². The number of nitrogens with one attached hydrogen (secondary N) is 1. The molecule has 1 amide bonds. The van der Waals surface area contributed by atoms with Gasteiger partial charge in [-0.05, 0) is 29.3 Å². The third-order valence-electron chi connectivity index (χ3n) is 4.25. The summed E-state index contributed by atoms with van der Waals surface area (Å²) in [4.78, 5) is 24.8. The number of esters is 1. The van der Waals surface area contributed by atoms with E-state index in [1.54, 1.807) is 37.4 Å². The van der Waals surface area contributed by atoms with Crippen LogP contribution in [0.15, 0.2) is 72.8 Å². The number of methoxy groups -OCH3 is 2. The molecule has 0 aliphatic heterocycles. The summed E-state index contributed by atoms with van der Waals surface area (Å²) < 4.78 is 15.6. The number of benzene rings is 3. The van der Waals surface area contributed by atoms with Crippen molar-refractivity contribution in [1.29, 1.82) is 0 Å². The van der Waals surface area contributed by atoms with Crippen molar-refractivity contribution in [3.63, 3.8) is 0 Å². The highest BCUT2D eigenvalue weighted by Crippen LogP contribution is 2.29. The molecule has 0 bridgehead atoms. The van der Waals surface area contributed by atoms with Crippen LogP contribution in [0.3, 0.4) is 0 Å². The van der Waals surface area contributed by atoms with Gasteiger partial charge in [-0.3, -0.25) is 4.79 Å². The Morgan fingerprint density at radius 1 is 0.862 bits per heavy atom. The van der Waals surface area contributed by atoms with E-state index in [-0.39, 0.29) is 0 Å². The fourth-order valence-electron chi connectivity index (χ4n) is 2.83. The minimum absolute atomic E-state index is 0.397. The summed E-state index contributed by atoms with van der Waals surface area (Å²) in [5.74, 6) is 0.00236. The van der Waals surface area contributed by atoms with Crippen LogP contribution >= 0.6 is 0 Å². The smallest absolute Gasteiger partial charge is 0.339 e. The Morgan fingerprint density at radius 2 is 1.59 bits per heavy atom. The lowest BCUT2D eigenvalue weighted by Crippen LogP contribution is -2.21. The topological polar surface area (TPSA) is 73.9 Å². The van der Waals surface area contributed by atoms with E-state index in [0.717, 1.165) is 11.1 Å². The number of amides is 1. The molecule has 0 aliphatic rings. The Kier molecular flexibility index (Phi) is 6.47. The van der Waals surface area contributed by atoms with E-state index in [9.17, 15) is 9.59 Å². The molecule has 0 unspecified atom stereocenters. The van der Waals surface area contributed by atoms with E-state index in [1.165, 1.54) is 7.11 Å². The van der Waals surface area contributed by atoms with Crippen LogP contribution in [0.1, 0.15) is 10.4 Å². The SMILES string of the molecule is COc1ccc(NC(=O)COC(=O)c2ccccc2-c2ccccc2)c(OC)c1. The Labute approximate surface area is 169 Å². The number of rotatable bonds is 7. The predicted octanol–water partition coefficient (Wildman–Crippen LogP) is 4.17. The van der Waals surface area contributed by atoms with Crippen LogP contribution in [-0.4, -0.2) is 32.7 Å². The summed E-state index contributed by atoms with van der Waals surface area (Å²) in [6.07, 6.45) is 0. The van der Waals surface area contributed by atoms with Gasteiger partial charge in [0, 0.05) is 6.07 Å². The first-order valence-electron chi connectivity index (χ1n) is 8.96. The molecule has 0 atom stereocenters. The van der Waals surface area contributed by atoms with Crippen molar-refractivity contribution < 1.29 is 23.8 Å². The summed E-state index contributed by atoms with van der Waals surface area (Å²) in [5.41, 5.74) is 2.50. The molecule has 148 valence electrons. The summed E-state index contributed by atoms with van der Waals surface area (Å²) in [5, 5.41) is 2.67. The Bertz CT molecular complexity index is 1000. The first-order chi connectivity index (χ1) is 14.1. The van der Waals surface area contributed by atoms with Gasteiger partial charge in [0.05, 0.1) is 25.5 Å². The number of carbonyl (C=O) groups is 2. The number of anilines is 1. The molecule has 29 heavy (non-hydrogen) atoms. The molecule has 0 aliphatic carbocycles. The molecule has 6 nitrogen and oxygen atoms in total. The second kappa shape index (κ2) is 9.41. The molecule has 6 heteroatoms. The van der Waals surface area contributed by atoms with Gasteiger partial charge in [0.1, 0.15) is 11.5 Å². The minimum Gasteiger partial charge on any atom is -0.497 e. The quantitative estimate of drug-likeness (QED) is 0.612. The third kappa shape index (κ3) is 4.93. The van der Waals surface area contributed by atoms with Crippen molar-refractivity contribution in [3.05, 3.63) is 78.4 Å². The van der Waals surface area contributed by atoms with Gasteiger partial charge < -0.3 is 19.5 Å². The van der Waals surface area contributed by atoms with Crippen molar-refractivity contribution in [2.24, 2.45) is 0 Å². The monoisotopic (exact) mass is 391 g/mol. The second-order valence-electron chi connectivity index (χ2n) is 6.10. The van der Waals surface area contributed by atoms with Gasteiger partial charge in [-0.15, -0.1) is 0 Å². The summed E-state index contributed by atoms with van der Waals surface area (Å²) in [6.45, 7) is -0.420. The molecule has 0 fully saturated rings. The van der Waals surface area contributed by atoms with Gasteiger partial charge in [-0.2, -0.15) is 0 Å². The van der Waals surface area contributed by atoms with Crippen molar-refractivity contribution in [1.82, 2.24) is 0 Å². The highest BCUT2D eigenvalue weighted by Gasteiger charge is 2.16. The van der Waals surface area contributed by atoms with Gasteiger partial charge in [0.2, 0.25) is 0 Å². The number of ether oxygens (including phenoxy) is 3. The van der Waals surface area contributed by atoms with E-state index < -0.39 is 18.5 Å². The van der Waals surface area contributed by atoms with Crippen LogP contribution in [0, 0.1) is 0 Å². The number of hydrogen-bond donors (Lipinski definition) is 1. The first kappa shape index (κ1) is 19.9. The Hall–Kier alpha value is -3.80. The summed E-state index contributed by atoms with van der Waals surface area (Å²) in [7, 11) is 3.03. The van der Waals surface area contributed by atoms with Crippen LogP contribution in [-0.2, 0) is 9.53 Å². The fourth-order valence-corrected chi connectivity index (χ4v) is 2.83. The molecule has 3 aromatic rings. The van der Waals surface area contributed by atoms with Crippen molar-refractivity contribution in [2.75, 3.05) is 26.1 Å². The van der Waals surface area contributed by atoms with E-state index in [4.69, 9.17) is 14.2 Å². The first-order valence-corrected chi connectivity index (χ1v) is 8.96. The van der Waals surface area contributed by atoms with Crippen LogP contribution in [0.25, 0.3) is 11.1 Å². The molecule has 0 aromatic heterocycles. The number of hydrogen-bond acceptors (Lipinski definition) is 5. The maximum absolute atomic E-state index is 12.6. The fraction of sp³-hybridized carbons (Fsp3) is 0.130. The van der Waals surface area contributed by atoms with Gasteiger partial charge in [0.25, 0.3) is 5.91 Å². The molecule has 0 heterocycles. The van der Waals surface area contributed by atoms with Gasteiger partial charge in [0.15, 0.2) is 6.61 Å². The lowest BCUT2D eigenvalue weighted by atomic mass is 10.00. The normalized spacial score (nSPS) is 10.1. The van der Waals surface area contributed by atoms with Crippen LogP contribution in [0.5, 0.6) is 11.5 Å². The van der Waals surface area contributed by atoms with Crippen LogP contribution in [0.2, 0.25) is 0 Å². The van der Waals surface area contributed by atoms with Crippen molar-refractivity contribution in [2.45, 2.75) is 0 Å². The van der Waals surface area contributed by atoms with E-state index in [0.29, 0.717) is 22.7 Å². The molecule has 0 saturated heterocycles. The standard InChI is InChI=1S/C23H21NO5/c1-27-17-12-13-20(21(14-17)28-2)24-22(25)15-29-23(26)19-11-7-6-10-18(19)16-8-4-3-5-9-16/h3-14H,15H2,1-2H3,(H,24,25). The van der Waals surface area contributed by atoms with Gasteiger partial charge in [-0.1, -0.05) is 48.5 Å². The molecule has 0 saturated carbocycles. The Morgan fingerprint density at radius 3 is 2.31 bits per heavy atom. The maximum Gasteiger partial charge on any atom is 0.339 e.